The zero-order valence-electron chi connectivity index (χ0n) is 12.2. The summed E-state index contributed by atoms with van der Waals surface area (Å²) < 4.78 is 0. The molecule has 0 amide bonds. The Hall–Kier alpha value is -1.23. The van der Waals surface area contributed by atoms with Crippen molar-refractivity contribution in [2.75, 3.05) is 26.2 Å². The van der Waals surface area contributed by atoms with Crippen LogP contribution in [0, 0.1) is 0 Å². The number of piperidine rings is 1. The predicted molar refractivity (Wildman–Crippen MR) is 87.4 cm³/mol. The molecule has 3 nitrogen and oxygen atoms in total. The van der Waals surface area contributed by atoms with Gasteiger partial charge in [-0.15, -0.1) is 11.3 Å². The summed E-state index contributed by atoms with van der Waals surface area (Å²) in [6, 6.07) is 9.55. The molecule has 0 aliphatic carbocycles. The van der Waals surface area contributed by atoms with Crippen molar-refractivity contribution in [3.63, 3.8) is 0 Å². The Kier molecular flexibility index (Phi) is 3.76. The third kappa shape index (κ3) is 2.89. The molecule has 2 aromatic rings. The number of hydrogen-bond acceptors (Lipinski definition) is 4. The van der Waals surface area contributed by atoms with Gasteiger partial charge in [-0.05, 0) is 55.8 Å². The second kappa shape index (κ2) is 5.87. The van der Waals surface area contributed by atoms with Crippen molar-refractivity contribution >= 4 is 11.3 Å². The van der Waals surface area contributed by atoms with Crippen molar-refractivity contribution < 1.29 is 0 Å². The van der Waals surface area contributed by atoms with E-state index in [-0.39, 0.29) is 0 Å². The molecule has 0 unspecified atom stereocenters. The van der Waals surface area contributed by atoms with Gasteiger partial charge in [0, 0.05) is 47.8 Å². The van der Waals surface area contributed by atoms with Gasteiger partial charge in [0.1, 0.15) is 0 Å². The highest BCUT2D eigenvalue weighted by atomic mass is 32.1. The predicted octanol–water partition coefficient (Wildman–Crippen LogP) is 3.09. The van der Waals surface area contributed by atoms with E-state index >= 15 is 0 Å². The number of aromatic nitrogens is 1. The third-order valence-corrected chi connectivity index (χ3v) is 5.88. The lowest BCUT2D eigenvalue weighted by Gasteiger charge is -2.31. The second-order valence-electron chi connectivity index (χ2n) is 6.05. The third-order valence-electron chi connectivity index (χ3n) is 4.76. The molecule has 0 saturated carbocycles. The summed E-state index contributed by atoms with van der Waals surface area (Å²) in [4.78, 5) is 12.3. The van der Waals surface area contributed by atoms with Gasteiger partial charge in [-0.3, -0.25) is 9.88 Å². The van der Waals surface area contributed by atoms with Gasteiger partial charge in [0.2, 0.25) is 0 Å². The van der Waals surface area contributed by atoms with Gasteiger partial charge < -0.3 is 4.90 Å². The smallest absolute Gasteiger partial charge is 0.0347 e. The molecule has 3 aliphatic heterocycles. The first-order chi connectivity index (χ1) is 10.4. The standard InChI is InChI=1S/C17H21N3S/c1-2-17(14-3-7-18-8-4-14)21-16(1)13-20-12-11-19-9-5-15(20)6-10-19/h1-4,7-8,15H,5-6,9-13H2. The Morgan fingerprint density at radius 3 is 2.62 bits per heavy atom. The maximum absolute atomic E-state index is 4.10. The number of nitrogens with zero attached hydrogens (tertiary/aromatic N) is 3. The molecule has 0 aromatic carbocycles. The first kappa shape index (κ1) is 13.4. The molecule has 0 radical (unpaired) electrons. The van der Waals surface area contributed by atoms with Gasteiger partial charge in [-0.1, -0.05) is 0 Å². The highest BCUT2D eigenvalue weighted by Gasteiger charge is 2.28. The van der Waals surface area contributed by atoms with Crippen LogP contribution < -0.4 is 0 Å². The average molecular weight is 299 g/mol. The largest absolute Gasteiger partial charge is 0.302 e. The molecular weight excluding hydrogens is 278 g/mol. The first-order valence-electron chi connectivity index (χ1n) is 7.84. The summed E-state index contributed by atoms with van der Waals surface area (Å²) >= 11 is 1.93. The van der Waals surface area contributed by atoms with Gasteiger partial charge in [-0.25, -0.2) is 0 Å². The lowest BCUT2D eigenvalue weighted by atomic mass is 10.1. The first-order valence-corrected chi connectivity index (χ1v) is 8.66. The Morgan fingerprint density at radius 1 is 1.00 bits per heavy atom. The summed E-state index contributed by atoms with van der Waals surface area (Å²) in [5, 5.41) is 0. The second-order valence-corrected chi connectivity index (χ2v) is 7.21. The van der Waals surface area contributed by atoms with Crippen LogP contribution in [0.1, 0.15) is 17.7 Å². The van der Waals surface area contributed by atoms with Gasteiger partial charge in [0.15, 0.2) is 0 Å². The molecule has 21 heavy (non-hydrogen) atoms. The molecule has 5 heterocycles. The van der Waals surface area contributed by atoms with E-state index in [1.807, 2.05) is 23.7 Å². The summed E-state index contributed by atoms with van der Waals surface area (Å²) in [5.41, 5.74) is 1.28. The Morgan fingerprint density at radius 2 is 1.81 bits per heavy atom. The molecular formula is C17H21N3S. The van der Waals surface area contributed by atoms with E-state index in [2.05, 4.69) is 39.0 Å². The highest BCUT2D eigenvalue weighted by Crippen LogP contribution is 2.30. The summed E-state index contributed by atoms with van der Waals surface area (Å²) in [6.07, 6.45) is 6.44. The maximum Gasteiger partial charge on any atom is 0.0347 e. The van der Waals surface area contributed by atoms with Crippen LogP contribution in [0.15, 0.2) is 36.7 Å². The van der Waals surface area contributed by atoms with Crippen molar-refractivity contribution in [2.45, 2.75) is 25.4 Å². The van der Waals surface area contributed by atoms with Crippen LogP contribution in [-0.2, 0) is 6.54 Å². The van der Waals surface area contributed by atoms with E-state index in [0.29, 0.717) is 0 Å². The summed E-state index contributed by atoms with van der Waals surface area (Å²) in [5.74, 6) is 0. The van der Waals surface area contributed by atoms with Crippen molar-refractivity contribution in [1.82, 2.24) is 14.8 Å². The molecule has 0 N–H and O–H groups in total. The van der Waals surface area contributed by atoms with Gasteiger partial charge in [-0.2, -0.15) is 0 Å². The fourth-order valence-corrected chi connectivity index (χ4v) is 4.54. The number of thiophene rings is 1. The topological polar surface area (TPSA) is 19.4 Å². The van der Waals surface area contributed by atoms with Crippen molar-refractivity contribution in [3.05, 3.63) is 41.5 Å². The van der Waals surface area contributed by atoms with Crippen LogP contribution in [0.5, 0.6) is 0 Å². The van der Waals surface area contributed by atoms with Gasteiger partial charge >= 0.3 is 0 Å². The van der Waals surface area contributed by atoms with Crippen molar-refractivity contribution in [3.8, 4) is 10.4 Å². The molecule has 4 heteroatoms. The van der Waals surface area contributed by atoms with Crippen LogP contribution in [0.2, 0.25) is 0 Å². The highest BCUT2D eigenvalue weighted by molar-refractivity contribution is 7.15. The monoisotopic (exact) mass is 299 g/mol. The zero-order chi connectivity index (χ0) is 14.1. The van der Waals surface area contributed by atoms with E-state index < -0.39 is 0 Å². The Bertz CT molecular complexity index is 587. The normalized spacial score (nSPS) is 25.9. The van der Waals surface area contributed by atoms with Gasteiger partial charge in [0.25, 0.3) is 0 Å². The molecule has 0 atom stereocenters. The molecule has 3 aliphatic rings. The molecule has 5 rings (SSSR count). The summed E-state index contributed by atoms with van der Waals surface area (Å²) in [7, 11) is 0. The lowest BCUT2D eigenvalue weighted by molar-refractivity contribution is 0.178. The fourth-order valence-electron chi connectivity index (χ4n) is 3.50. The van der Waals surface area contributed by atoms with Crippen LogP contribution in [0.3, 0.4) is 0 Å². The van der Waals surface area contributed by atoms with Crippen LogP contribution in [0.4, 0.5) is 0 Å². The minimum Gasteiger partial charge on any atom is -0.302 e. The number of fused-ring (bicyclic) bond motifs is 4. The number of rotatable bonds is 3. The Balaban J connectivity index is 1.49. The molecule has 0 spiro atoms. The average Bonchev–Trinajstić information content (AvgIpc) is 2.84. The minimum absolute atomic E-state index is 0.801. The van der Waals surface area contributed by atoms with Gasteiger partial charge in [0.05, 0.1) is 0 Å². The number of hydrogen-bond donors (Lipinski definition) is 0. The maximum atomic E-state index is 4.10. The van der Waals surface area contributed by atoms with E-state index in [1.54, 1.807) is 0 Å². The van der Waals surface area contributed by atoms with Crippen LogP contribution in [-0.4, -0.2) is 47.0 Å². The van der Waals surface area contributed by atoms with Crippen LogP contribution >= 0.6 is 11.3 Å². The van der Waals surface area contributed by atoms with E-state index in [9.17, 15) is 0 Å². The molecule has 2 bridgehead atoms. The van der Waals surface area contributed by atoms with Crippen molar-refractivity contribution in [1.29, 1.82) is 0 Å². The number of pyridine rings is 1. The lowest BCUT2D eigenvalue weighted by Crippen LogP contribution is -2.37. The zero-order valence-corrected chi connectivity index (χ0v) is 13.1. The SMILES string of the molecule is c1cc(-c2ccc(CN3CCN4CCC3CC4)s2)ccn1. The van der Waals surface area contributed by atoms with Crippen molar-refractivity contribution in [2.24, 2.45) is 0 Å². The quantitative estimate of drug-likeness (QED) is 0.868. The molecule has 3 fully saturated rings. The van der Waals surface area contributed by atoms with Crippen LogP contribution in [0.25, 0.3) is 10.4 Å². The van der Waals surface area contributed by atoms with E-state index in [0.717, 1.165) is 12.6 Å². The van der Waals surface area contributed by atoms with E-state index in [1.165, 1.54) is 54.3 Å². The van der Waals surface area contributed by atoms with E-state index in [4.69, 9.17) is 0 Å². The Labute approximate surface area is 130 Å². The fraction of sp³-hybridized carbons (Fsp3) is 0.471. The molecule has 110 valence electrons. The molecule has 2 aromatic heterocycles. The summed E-state index contributed by atoms with van der Waals surface area (Å²) in [6.45, 7) is 6.20. The molecule has 3 saturated heterocycles. The minimum atomic E-state index is 0.801.